The molecule has 1 unspecified atom stereocenters. The first-order chi connectivity index (χ1) is 7.60. The number of hydrogen-bond acceptors (Lipinski definition) is 6. The topological polar surface area (TPSA) is 109 Å². The third-order valence-corrected chi connectivity index (χ3v) is 3.74. The fourth-order valence-electron chi connectivity index (χ4n) is 1.09. The number of hydrogen-bond donors (Lipinski definition) is 1. The van der Waals surface area contributed by atoms with E-state index in [0.717, 1.165) is 0 Å². The van der Waals surface area contributed by atoms with Crippen molar-refractivity contribution in [3.8, 4) is 6.07 Å². The molecule has 88 valence electrons. The molecule has 0 saturated carbocycles. The van der Waals surface area contributed by atoms with Crippen LogP contribution in [-0.2, 0) is 16.4 Å². The van der Waals surface area contributed by atoms with Crippen LogP contribution in [0.2, 0.25) is 0 Å². The molecule has 0 aliphatic carbocycles. The van der Waals surface area contributed by atoms with Gasteiger partial charge in [0, 0.05) is 13.0 Å². The maximum absolute atomic E-state index is 11.5. The Balaban J connectivity index is 2.46. The van der Waals surface area contributed by atoms with E-state index in [1.165, 1.54) is 6.39 Å². The quantitative estimate of drug-likeness (QED) is 0.744. The van der Waals surface area contributed by atoms with Crippen molar-refractivity contribution in [3.63, 3.8) is 0 Å². The lowest BCUT2D eigenvalue weighted by Gasteiger charge is -2.08. The van der Waals surface area contributed by atoms with Gasteiger partial charge in [-0.1, -0.05) is 12.1 Å². The summed E-state index contributed by atoms with van der Waals surface area (Å²) in [6.45, 7) is 1.80. The largest absolute Gasteiger partial charge is 0.343 e. The van der Waals surface area contributed by atoms with Crippen molar-refractivity contribution < 1.29 is 12.9 Å². The van der Waals surface area contributed by atoms with E-state index in [0.29, 0.717) is 12.2 Å². The average molecular weight is 244 g/mol. The normalized spacial score (nSPS) is 13.2. The van der Waals surface area contributed by atoms with Gasteiger partial charge in [-0.2, -0.15) is 10.2 Å². The maximum Gasteiger partial charge on any atom is 0.227 e. The molecule has 0 fully saturated rings. The molecule has 16 heavy (non-hydrogen) atoms. The molecule has 0 saturated heterocycles. The van der Waals surface area contributed by atoms with Crippen molar-refractivity contribution in [2.45, 2.75) is 25.0 Å². The highest BCUT2D eigenvalue weighted by atomic mass is 32.2. The van der Waals surface area contributed by atoms with Gasteiger partial charge in [0.15, 0.2) is 11.1 Å². The predicted octanol–water partition coefficient (Wildman–Crippen LogP) is -0.166. The number of sulfonamides is 1. The first-order valence-corrected chi connectivity index (χ1v) is 6.28. The van der Waals surface area contributed by atoms with Crippen LogP contribution >= 0.6 is 0 Å². The van der Waals surface area contributed by atoms with Crippen molar-refractivity contribution in [1.29, 1.82) is 5.26 Å². The molecule has 1 aromatic heterocycles. The first-order valence-electron chi connectivity index (χ1n) is 4.73. The number of aromatic nitrogens is 2. The summed E-state index contributed by atoms with van der Waals surface area (Å²) in [6.07, 6.45) is 1.76. The smallest absolute Gasteiger partial charge is 0.227 e. The van der Waals surface area contributed by atoms with Crippen LogP contribution < -0.4 is 4.72 Å². The second-order valence-electron chi connectivity index (χ2n) is 3.06. The number of nitriles is 1. The zero-order valence-electron chi connectivity index (χ0n) is 8.75. The third-order valence-electron chi connectivity index (χ3n) is 1.95. The van der Waals surface area contributed by atoms with E-state index < -0.39 is 15.3 Å². The molecule has 8 heteroatoms. The van der Waals surface area contributed by atoms with Gasteiger partial charge in [-0.3, -0.25) is 0 Å². The third kappa shape index (κ3) is 3.29. The zero-order chi connectivity index (χ0) is 12.0. The Morgan fingerprint density at radius 3 is 2.94 bits per heavy atom. The van der Waals surface area contributed by atoms with Crippen LogP contribution in [0.4, 0.5) is 0 Å². The van der Waals surface area contributed by atoms with Gasteiger partial charge in [-0.05, 0) is 6.42 Å². The summed E-state index contributed by atoms with van der Waals surface area (Å²) in [5.74, 6) is 0.424. The predicted molar refractivity (Wildman–Crippen MR) is 54.6 cm³/mol. The van der Waals surface area contributed by atoms with Gasteiger partial charge in [-0.15, -0.1) is 0 Å². The second-order valence-corrected chi connectivity index (χ2v) is 5.01. The van der Waals surface area contributed by atoms with Crippen LogP contribution in [-0.4, -0.2) is 30.4 Å². The van der Waals surface area contributed by atoms with Crippen LogP contribution in [0, 0.1) is 11.3 Å². The molecule has 0 bridgehead atoms. The molecule has 1 N–H and O–H groups in total. The molecular formula is C8H12N4O3S. The minimum atomic E-state index is -3.57. The average Bonchev–Trinajstić information content (AvgIpc) is 2.71. The minimum absolute atomic E-state index is 0.153. The van der Waals surface area contributed by atoms with Crippen molar-refractivity contribution in [2.24, 2.45) is 0 Å². The second kappa shape index (κ2) is 5.58. The van der Waals surface area contributed by atoms with E-state index in [1.54, 1.807) is 13.0 Å². The van der Waals surface area contributed by atoms with E-state index >= 15 is 0 Å². The summed E-state index contributed by atoms with van der Waals surface area (Å²) in [7, 11) is -3.57. The molecule has 0 aliphatic heterocycles. The summed E-state index contributed by atoms with van der Waals surface area (Å²) in [5, 5.41) is 11.2. The van der Waals surface area contributed by atoms with Crippen molar-refractivity contribution in [1.82, 2.24) is 14.9 Å². The number of nitrogens with zero attached hydrogens (tertiary/aromatic N) is 3. The summed E-state index contributed by atoms with van der Waals surface area (Å²) < 4.78 is 29.9. The molecule has 1 aromatic rings. The molecule has 1 heterocycles. The zero-order valence-corrected chi connectivity index (χ0v) is 9.57. The molecular weight excluding hydrogens is 232 g/mol. The van der Waals surface area contributed by atoms with E-state index in [1.807, 2.05) is 0 Å². The van der Waals surface area contributed by atoms with E-state index in [4.69, 9.17) is 5.26 Å². The summed E-state index contributed by atoms with van der Waals surface area (Å²) in [5.41, 5.74) is 0. The fraction of sp³-hybridized carbons (Fsp3) is 0.625. The lowest BCUT2D eigenvalue weighted by atomic mass is 10.4. The highest BCUT2D eigenvalue weighted by Crippen LogP contribution is 2.02. The SMILES string of the molecule is CCC(C#N)S(=O)(=O)NCCc1ncon1. The molecule has 0 aromatic carbocycles. The Kier molecular flexibility index (Phi) is 4.39. The van der Waals surface area contributed by atoms with E-state index in [2.05, 4.69) is 19.4 Å². The van der Waals surface area contributed by atoms with Crippen LogP contribution in [0.5, 0.6) is 0 Å². The van der Waals surface area contributed by atoms with Gasteiger partial charge < -0.3 is 4.52 Å². The van der Waals surface area contributed by atoms with Gasteiger partial charge >= 0.3 is 0 Å². The van der Waals surface area contributed by atoms with Crippen LogP contribution in [0.25, 0.3) is 0 Å². The monoisotopic (exact) mass is 244 g/mol. The molecule has 0 aliphatic rings. The summed E-state index contributed by atoms with van der Waals surface area (Å²) >= 11 is 0. The Morgan fingerprint density at radius 1 is 1.69 bits per heavy atom. The molecule has 0 amide bonds. The van der Waals surface area contributed by atoms with Crippen LogP contribution in [0.15, 0.2) is 10.9 Å². The lowest BCUT2D eigenvalue weighted by Crippen LogP contribution is -2.34. The van der Waals surface area contributed by atoms with Gasteiger partial charge in [-0.25, -0.2) is 13.1 Å². The summed E-state index contributed by atoms with van der Waals surface area (Å²) in [6, 6.07) is 1.74. The highest BCUT2D eigenvalue weighted by molar-refractivity contribution is 7.90. The molecule has 0 radical (unpaired) electrons. The molecule has 0 spiro atoms. The summed E-state index contributed by atoms with van der Waals surface area (Å²) in [4.78, 5) is 3.74. The Hall–Kier alpha value is -1.46. The standard InChI is InChI=1S/C8H12N4O3S/c1-2-7(5-9)16(13,14)11-4-3-8-10-6-15-12-8/h6-7,11H,2-4H2,1H3. The number of rotatable bonds is 6. The van der Waals surface area contributed by atoms with Gasteiger partial charge in [0.1, 0.15) is 0 Å². The Bertz CT molecular complexity index is 448. The van der Waals surface area contributed by atoms with E-state index in [-0.39, 0.29) is 13.0 Å². The number of nitrogens with one attached hydrogen (secondary N) is 1. The highest BCUT2D eigenvalue weighted by Gasteiger charge is 2.22. The fourth-order valence-corrected chi connectivity index (χ4v) is 2.25. The van der Waals surface area contributed by atoms with Crippen LogP contribution in [0.1, 0.15) is 19.2 Å². The van der Waals surface area contributed by atoms with Crippen LogP contribution in [0.3, 0.4) is 0 Å². The van der Waals surface area contributed by atoms with E-state index in [9.17, 15) is 8.42 Å². The van der Waals surface area contributed by atoms with Crippen molar-refractivity contribution in [3.05, 3.63) is 12.2 Å². The minimum Gasteiger partial charge on any atom is -0.343 e. The van der Waals surface area contributed by atoms with Gasteiger partial charge in [0.25, 0.3) is 0 Å². The first kappa shape index (κ1) is 12.6. The molecule has 1 atom stereocenters. The Labute approximate surface area is 93.5 Å². The maximum atomic E-state index is 11.5. The van der Waals surface area contributed by atoms with Gasteiger partial charge in [0.2, 0.25) is 16.4 Å². The van der Waals surface area contributed by atoms with Gasteiger partial charge in [0.05, 0.1) is 6.07 Å². The molecule has 7 nitrogen and oxygen atoms in total. The Morgan fingerprint density at radius 2 is 2.44 bits per heavy atom. The van der Waals surface area contributed by atoms with Crippen molar-refractivity contribution in [2.75, 3.05) is 6.54 Å². The van der Waals surface area contributed by atoms with Crippen molar-refractivity contribution >= 4 is 10.0 Å². The molecule has 1 rings (SSSR count). The lowest BCUT2D eigenvalue weighted by molar-refractivity contribution is 0.409.